The van der Waals surface area contributed by atoms with Gasteiger partial charge in [0, 0.05) is 6.54 Å². The molecule has 1 rings (SSSR count). The molecule has 1 heterocycles. The SMILES string of the molecule is CC(C)(C)OC(=O)NCC(O)C(O)c1c(Cl)ncnc1Cl. The number of nitrogens with one attached hydrogen (secondary N) is 1. The number of nitrogens with zero attached hydrogens (tertiary/aromatic N) is 2. The number of ether oxygens (including phenoxy) is 1. The molecule has 1 aromatic rings. The van der Waals surface area contributed by atoms with Crippen LogP contribution >= 0.6 is 23.2 Å². The van der Waals surface area contributed by atoms with Gasteiger partial charge in [-0.3, -0.25) is 0 Å². The fraction of sp³-hybridized carbons (Fsp3) is 0.583. The maximum Gasteiger partial charge on any atom is 0.407 e. The first kappa shape index (κ1) is 17.9. The molecule has 0 bridgehead atoms. The second-order valence-corrected chi connectivity index (χ2v) is 5.98. The van der Waals surface area contributed by atoms with E-state index in [-0.39, 0.29) is 22.4 Å². The molecule has 7 nitrogen and oxygen atoms in total. The lowest BCUT2D eigenvalue weighted by Gasteiger charge is -2.22. The maximum atomic E-state index is 11.5. The van der Waals surface area contributed by atoms with Crippen LogP contribution in [0.3, 0.4) is 0 Å². The van der Waals surface area contributed by atoms with Crippen LogP contribution in [0.15, 0.2) is 6.33 Å². The number of rotatable bonds is 4. The van der Waals surface area contributed by atoms with Gasteiger partial charge in [-0.15, -0.1) is 0 Å². The van der Waals surface area contributed by atoms with Gasteiger partial charge in [0.25, 0.3) is 0 Å². The van der Waals surface area contributed by atoms with Gasteiger partial charge in [0.15, 0.2) is 0 Å². The fourth-order valence-electron chi connectivity index (χ4n) is 1.40. The predicted octanol–water partition coefficient (Wildman–Crippen LogP) is 1.70. The van der Waals surface area contributed by atoms with E-state index in [1.807, 2.05) is 0 Å². The number of hydrogen-bond donors (Lipinski definition) is 3. The number of aromatic nitrogens is 2. The molecule has 0 spiro atoms. The molecule has 3 N–H and O–H groups in total. The summed E-state index contributed by atoms with van der Waals surface area (Å²) in [6, 6.07) is 0. The van der Waals surface area contributed by atoms with Crippen molar-refractivity contribution in [2.24, 2.45) is 0 Å². The smallest absolute Gasteiger partial charge is 0.407 e. The van der Waals surface area contributed by atoms with Crippen LogP contribution in [0.5, 0.6) is 0 Å². The summed E-state index contributed by atoms with van der Waals surface area (Å²) >= 11 is 11.6. The molecule has 1 amide bonds. The highest BCUT2D eigenvalue weighted by atomic mass is 35.5. The van der Waals surface area contributed by atoms with Crippen LogP contribution in [0.2, 0.25) is 10.3 Å². The summed E-state index contributed by atoms with van der Waals surface area (Å²) in [6.07, 6.45) is -2.37. The molecule has 9 heteroatoms. The van der Waals surface area contributed by atoms with Crippen LogP contribution in [0.4, 0.5) is 4.79 Å². The Morgan fingerprint density at radius 2 is 1.86 bits per heavy atom. The van der Waals surface area contributed by atoms with Crippen molar-refractivity contribution < 1.29 is 19.7 Å². The summed E-state index contributed by atoms with van der Waals surface area (Å²) in [5.74, 6) is 0. The number of aliphatic hydroxyl groups excluding tert-OH is 2. The first-order valence-corrected chi connectivity index (χ1v) is 6.86. The summed E-state index contributed by atoms with van der Waals surface area (Å²) in [6.45, 7) is 4.87. The number of alkyl carbamates (subject to hydrolysis) is 1. The number of halogens is 2. The highest BCUT2D eigenvalue weighted by Crippen LogP contribution is 2.28. The van der Waals surface area contributed by atoms with Crippen LogP contribution in [-0.2, 0) is 4.74 Å². The Labute approximate surface area is 132 Å². The van der Waals surface area contributed by atoms with Crippen LogP contribution in [0, 0.1) is 0 Å². The van der Waals surface area contributed by atoms with Crippen molar-refractivity contribution in [3.05, 3.63) is 22.2 Å². The lowest BCUT2D eigenvalue weighted by atomic mass is 10.1. The largest absolute Gasteiger partial charge is 0.444 e. The Hall–Kier alpha value is -1.15. The van der Waals surface area contributed by atoms with Crippen LogP contribution in [0.1, 0.15) is 32.4 Å². The second kappa shape index (κ2) is 7.22. The van der Waals surface area contributed by atoms with E-state index in [1.54, 1.807) is 20.8 Å². The van der Waals surface area contributed by atoms with Crippen molar-refractivity contribution in [1.82, 2.24) is 15.3 Å². The number of aliphatic hydroxyl groups is 2. The summed E-state index contributed by atoms with van der Waals surface area (Å²) in [4.78, 5) is 18.8. The molecule has 0 saturated heterocycles. The van der Waals surface area contributed by atoms with Gasteiger partial charge in [0.05, 0.1) is 5.56 Å². The first-order chi connectivity index (χ1) is 9.61. The quantitative estimate of drug-likeness (QED) is 0.722. The monoisotopic (exact) mass is 337 g/mol. The molecule has 0 aromatic carbocycles. The molecule has 0 aliphatic carbocycles. The van der Waals surface area contributed by atoms with Crippen LogP contribution < -0.4 is 5.32 Å². The Bertz CT molecular complexity index is 488. The third-order valence-corrected chi connectivity index (χ3v) is 2.90. The van der Waals surface area contributed by atoms with E-state index >= 15 is 0 Å². The number of carbonyl (C=O) groups excluding carboxylic acids is 1. The zero-order chi connectivity index (χ0) is 16.2. The molecule has 0 fully saturated rings. The molecule has 2 unspecified atom stereocenters. The topological polar surface area (TPSA) is 105 Å². The minimum Gasteiger partial charge on any atom is -0.444 e. The van der Waals surface area contributed by atoms with Crippen molar-refractivity contribution in [2.75, 3.05) is 6.54 Å². The van der Waals surface area contributed by atoms with Gasteiger partial charge < -0.3 is 20.3 Å². The molecule has 21 heavy (non-hydrogen) atoms. The minimum atomic E-state index is -1.44. The minimum absolute atomic E-state index is 0.000628. The average molecular weight is 338 g/mol. The molecule has 0 radical (unpaired) electrons. The highest BCUT2D eigenvalue weighted by Gasteiger charge is 2.26. The Balaban J connectivity index is 2.63. The van der Waals surface area contributed by atoms with Gasteiger partial charge in [-0.05, 0) is 20.8 Å². The first-order valence-electron chi connectivity index (χ1n) is 6.10. The van der Waals surface area contributed by atoms with Crippen molar-refractivity contribution in [3.8, 4) is 0 Å². The standard InChI is InChI=1S/C12H17Cl2N3O4/c1-12(2,3)21-11(20)15-4-6(18)8(19)7-9(13)16-5-17-10(7)14/h5-6,8,18-19H,4H2,1-3H3,(H,15,20). The predicted molar refractivity (Wildman–Crippen MR) is 77.3 cm³/mol. The van der Waals surface area contributed by atoms with Gasteiger partial charge in [-0.1, -0.05) is 23.2 Å². The Morgan fingerprint density at radius 1 is 1.33 bits per heavy atom. The van der Waals surface area contributed by atoms with E-state index in [2.05, 4.69) is 15.3 Å². The molecule has 0 aliphatic heterocycles. The number of hydrogen-bond acceptors (Lipinski definition) is 6. The maximum absolute atomic E-state index is 11.5. The Kier molecular flexibility index (Phi) is 6.15. The van der Waals surface area contributed by atoms with E-state index in [1.165, 1.54) is 0 Å². The van der Waals surface area contributed by atoms with E-state index in [9.17, 15) is 15.0 Å². The molecule has 118 valence electrons. The van der Waals surface area contributed by atoms with Crippen molar-refractivity contribution in [3.63, 3.8) is 0 Å². The Morgan fingerprint density at radius 3 is 2.33 bits per heavy atom. The van der Waals surface area contributed by atoms with Gasteiger partial charge in [0.2, 0.25) is 0 Å². The summed E-state index contributed by atoms with van der Waals surface area (Å²) < 4.78 is 5.00. The van der Waals surface area contributed by atoms with Crippen LogP contribution in [0.25, 0.3) is 0 Å². The normalized spacial score (nSPS) is 14.4. The number of carbonyl (C=O) groups is 1. The second-order valence-electron chi connectivity index (χ2n) is 5.26. The lowest BCUT2D eigenvalue weighted by molar-refractivity contribution is 0.0127. The summed E-state index contributed by atoms with van der Waals surface area (Å²) in [7, 11) is 0. The van der Waals surface area contributed by atoms with Crippen molar-refractivity contribution >= 4 is 29.3 Å². The third-order valence-electron chi connectivity index (χ3n) is 2.30. The van der Waals surface area contributed by atoms with Gasteiger partial charge in [0.1, 0.15) is 34.4 Å². The van der Waals surface area contributed by atoms with E-state index in [4.69, 9.17) is 27.9 Å². The lowest BCUT2D eigenvalue weighted by Crippen LogP contribution is -2.39. The van der Waals surface area contributed by atoms with Crippen molar-refractivity contribution in [1.29, 1.82) is 0 Å². The van der Waals surface area contributed by atoms with Gasteiger partial charge in [-0.2, -0.15) is 0 Å². The van der Waals surface area contributed by atoms with E-state index in [0.29, 0.717) is 0 Å². The molecular weight excluding hydrogens is 321 g/mol. The third kappa shape index (κ3) is 5.62. The summed E-state index contributed by atoms with van der Waals surface area (Å²) in [5, 5.41) is 22.1. The summed E-state index contributed by atoms with van der Waals surface area (Å²) in [5.41, 5.74) is -0.660. The molecule has 0 saturated carbocycles. The van der Waals surface area contributed by atoms with Crippen LogP contribution in [-0.4, -0.2) is 44.5 Å². The zero-order valence-corrected chi connectivity index (χ0v) is 13.3. The number of amides is 1. The van der Waals surface area contributed by atoms with E-state index < -0.39 is 23.9 Å². The average Bonchev–Trinajstić information content (AvgIpc) is 2.33. The molecule has 1 aromatic heterocycles. The van der Waals surface area contributed by atoms with E-state index in [0.717, 1.165) is 6.33 Å². The van der Waals surface area contributed by atoms with Gasteiger partial charge >= 0.3 is 6.09 Å². The van der Waals surface area contributed by atoms with Gasteiger partial charge in [-0.25, -0.2) is 14.8 Å². The fourth-order valence-corrected chi connectivity index (χ4v) is 1.94. The molecule has 2 atom stereocenters. The zero-order valence-electron chi connectivity index (χ0n) is 11.8. The highest BCUT2D eigenvalue weighted by molar-refractivity contribution is 6.34. The van der Waals surface area contributed by atoms with Crippen molar-refractivity contribution in [2.45, 2.75) is 38.6 Å². The molecule has 0 aliphatic rings. The molecular formula is C12H17Cl2N3O4.